The molecule has 5 nitrogen and oxygen atoms in total. The number of thiazole rings is 1. The number of aromatic nitrogens is 1. The van der Waals surface area contributed by atoms with Crippen LogP contribution in [0, 0.1) is 24.2 Å². The molecule has 0 bridgehead atoms. The van der Waals surface area contributed by atoms with Gasteiger partial charge < -0.3 is 5.32 Å². The van der Waals surface area contributed by atoms with Gasteiger partial charge in [-0.1, -0.05) is 44.2 Å². The van der Waals surface area contributed by atoms with E-state index in [1.54, 1.807) is 0 Å². The first-order chi connectivity index (χ1) is 11.9. The minimum Gasteiger partial charge on any atom is -0.346 e. The van der Waals surface area contributed by atoms with Gasteiger partial charge in [0.25, 0.3) is 0 Å². The maximum atomic E-state index is 12.8. The molecule has 0 spiro atoms. The molecule has 0 radical (unpaired) electrons. The zero-order valence-corrected chi connectivity index (χ0v) is 15.3. The highest BCUT2D eigenvalue weighted by molar-refractivity contribution is 7.09. The molecule has 1 aromatic heterocycles. The Morgan fingerprint density at radius 1 is 1.28 bits per heavy atom. The largest absolute Gasteiger partial charge is 0.346 e. The quantitative estimate of drug-likeness (QED) is 0.827. The van der Waals surface area contributed by atoms with Crippen LogP contribution in [0.1, 0.15) is 36.0 Å². The number of benzene rings is 1. The third kappa shape index (κ3) is 4.97. The van der Waals surface area contributed by atoms with E-state index in [-0.39, 0.29) is 24.0 Å². The minimum atomic E-state index is -0.955. The first kappa shape index (κ1) is 18.8. The molecule has 6 heteroatoms. The number of hydrogen-bond acceptors (Lipinski definition) is 5. The van der Waals surface area contributed by atoms with Crippen LogP contribution >= 0.6 is 11.3 Å². The summed E-state index contributed by atoms with van der Waals surface area (Å²) in [5.41, 5.74) is 1.66. The molecule has 1 aromatic carbocycles. The van der Waals surface area contributed by atoms with Gasteiger partial charge in [-0.15, -0.1) is 11.3 Å². The van der Waals surface area contributed by atoms with Crippen molar-refractivity contribution in [3.63, 3.8) is 0 Å². The number of amides is 1. The standard InChI is InChI=1S/C19H21N3O2S/c1-12(2)17(22-16(23)9-14-7-5-4-6-8-14)18(24)15(10-20)19-21-13(3)11-25-19/h4-8,11-12,15,17H,9H2,1-3H3,(H,22,23). The predicted octanol–water partition coefficient (Wildman–Crippen LogP) is 3.01. The van der Waals surface area contributed by atoms with Crippen LogP contribution in [-0.4, -0.2) is 22.7 Å². The van der Waals surface area contributed by atoms with Crippen LogP contribution in [0.25, 0.3) is 0 Å². The van der Waals surface area contributed by atoms with Crippen molar-refractivity contribution in [2.24, 2.45) is 5.92 Å². The number of carbonyl (C=O) groups is 2. The third-order valence-corrected chi connectivity index (χ3v) is 4.82. The second kappa shape index (κ2) is 8.54. The van der Waals surface area contributed by atoms with Gasteiger partial charge in [0.2, 0.25) is 5.91 Å². The fraction of sp³-hybridized carbons (Fsp3) is 0.368. The van der Waals surface area contributed by atoms with Crippen molar-refractivity contribution in [2.45, 2.75) is 39.2 Å². The third-order valence-electron chi connectivity index (χ3n) is 3.79. The van der Waals surface area contributed by atoms with Crippen LogP contribution in [-0.2, 0) is 16.0 Å². The smallest absolute Gasteiger partial charge is 0.225 e. The van der Waals surface area contributed by atoms with Crippen molar-refractivity contribution in [3.8, 4) is 6.07 Å². The number of ketones is 1. The summed E-state index contributed by atoms with van der Waals surface area (Å²) < 4.78 is 0. The van der Waals surface area contributed by atoms with Gasteiger partial charge in [-0.25, -0.2) is 4.98 Å². The van der Waals surface area contributed by atoms with E-state index in [0.29, 0.717) is 5.01 Å². The molecule has 0 aliphatic rings. The Morgan fingerprint density at radius 3 is 2.48 bits per heavy atom. The molecule has 0 aliphatic carbocycles. The van der Waals surface area contributed by atoms with Crippen molar-refractivity contribution in [2.75, 3.05) is 0 Å². The number of nitrogens with zero attached hydrogens (tertiary/aromatic N) is 2. The monoisotopic (exact) mass is 355 g/mol. The molecule has 2 unspecified atom stereocenters. The maximum Gasteiger partial charge on any atom is 0.225 e. The number of nitriles is 1. The Kier molecular flexibility index (Phi) is 6.43. The van der Waals surface area contributed by atoms with Crippen LogP contribution in [0.3, 0.4) is 0 Å². The van der Waals surface area contributed by atoms with Crippen LogP contribution in [0.4, 0.5) is 0 Å². The zero-order valence-electron chi connectivity index (χ0n) is 14.5. The van der Waals surface area contributed by atoms with Crippen LogP contribution in [0.2, 0.25) is 0 Å². The number of carbonyl (C=O) groups excluding carboxylic acids is 2. The molecule has 25 heavy (non-hydrogen) atoms. The number of rotatable bonds is 7. The summed E-state index contributed by atoms with van der Waals surface area (Å²) in [5, 5.41) is 14.5. The molecule has 2 aromatic rings. The SMILES string of the molecule is Cc1csc(C(C#N)C(=O)C(NC(=O)Cc2ccccc2)C(C)C)n1. The second-order valence-electron chi connectivity index (χ2n) is 6.24. The van der Waals surface area contributed by atoms with Crippen LogP contribution in [0.15, 0.2) is 35.7 Å². The molecule has 0 saturated carbocycles. The van der Waals surface area contributed by atoms with E-state index < -0.39 is 12.0 Å². The lowest BCUT2D eigenvalue weighted by Gasteiger charge is -2.22. The van der Waals surface area contributed by atoms with E-state index in [2.05, 4.69) is 10.3 Å². The fourth-order valence-corrected chi connectivity index (χ4v) is 3.34. The highest BCUT2D eigenvalue weighted by Crippen LogP contribution is 2.23. The molecule has 1 amide bonds. The Balaban J connectivity index is 2.12. The van der Waals surface area contributed by atoms with Crippen molar-refractivity contribution in [1.29, 1.82) is 5.26 Å². The minimum absolute atomic E-state index is 0.121. The second-order valence-corrected chi connectivity index (χ2v) is 7.13. The van der Waals surface area contributed by atoms with Gasteiger partial charge in [-0.2, -0.15) is 5.26 Å². The summed E-state index contributed by atoms with van der Waals surface area (Å²) >= 11 is 1.29. The van der Waals surface area contributed by atoms with Crippen molar-refractivity contribution < 1.29 is 9.59 Å². The molecular formula is C19H21N3O2S. The number of Topliss-reactive ketones (excluding diaryl/α,β-unsaturated/α-hetero) is 1. The first-order valence-corrected chi connectivity index (χ1v) is 8.99. The fourth-order valence-electron chi connectivity index (χ4n) is 2.50. The van der Waals surface area contributed by atoms with Crippen LogP contribution < -0.4 is 5.32 Å². The molecule has 2 atom stereocenters. The molecule has 2 rings (SSSR count). The van der Waals surface area contributed by atoms with E-state index in [9.17, 15) is 14.9 Å². The maximum absolute atomic E-state index is 12.8. The highest BCUT2D eigenvalue weighted by Gasteiger charge is 2.33. The van der Waals surface area contributed by atoms with E-state index >= 15 is 0 Å². The lowest BCUT2D eigenvalue weighted by atomic mass is 9.91. The van der Waals surface area contributed by atoms with Crippen LogP contribution in [0.5, 0.6) is 0 Å². The lowest BCUT2D eigenvalue weighted by Crippen LogP contribution is -2.46. The number of hydrogen-bond donors (Lipinski definition) is 1. The Labute approximate surface area is 151 Å². The predicted molar refractivity (Wildman–Crippen MR) is 97.1 cm³/mol. The summed E-state index contributed by atoms with van der Waals surface area (Å²) in [5.74, 6) is -1.62. The molecule has 0 fully saturated rings. The number of aryl methyl sites for hydroxylation is 1. The average Bonchev–Trinajstić information content (AvgIpc) is 3.00. The van der Waals surface area contributed by atoms with Gasteiger partial charge in [0.05, 0.1) is 18.5 Å². The summed E-state index contributed by atoms with van der Waals surface area (Å²) in [4.78, 5) is 29.4. The molecule has 130 valence electrons. The van der Waals surface area contributed by atoms with Gasteiger partial charge in [0.1, 0.15) is 5.01 Å². The van der Waals surface area contributed by atoms with Gasteiger partial charge >= 0.3 is 0 Å². The number of nitrogens with one attached hydrogen (secondary N) is 1. The van der Waals surface area contributed by atoms with Gasteiger partial charge in [-0.05, 0) is 18.4 Å². The lowest BCUT2D eigenvalue weighted by molar-refractivity contribution is -0.128. The van der Waals surface area contributed by atoms with E-state index in [1.165, 1.54) is 11.3 Å². The van der Waals surface area contributed by atoms with Gasteiger partial charge in [0, 0.05) is 11.1 Å². The Bertz CT molecular complexity index is 777. The first-order valence-electron chi connectivity index (χ1n) is 8.11. The summed E-state index contributed by atoms with van der Waals surface area (Å²) in [7, 11) is 0. The van der Waals surface area contributed by atoms with E-state index in [1.807, 2.05) is 62.6 Å². The van der Waals surface area contributed by atoms with Crippen molar-refractivity contribution in [1.82, 2.24) is 10.3 Å². The zero-order chi connectivity index (χ0) is 18.4. The van der Waals surface area contributed by atoms with E-state index in [0.717, 1.165) is 11.3 Å². The molecule has 0 aliphatic heterocycles. The van der Waals surface area contributed by atoms with Gasteiger partial charge in [-0.3, -0.25) is 9.59 Å². The summed E-state index contributed by atoms with van der Waals surface area (Å²) in [6.07, 6.45) is 0.199. The molecular weight excluding hydrogens is 334 g/mol. The van der Waals surface area contributed by atoms with E-state index in [4.69, 9.17) is 0 Å². The molecule has 1 N–H and O–H groups in total. The summed E-state index contributed by atoms with van der Waals surface area (Å²) in [6.45, 7) is 5.53. The van der Waals surface area contributed by atoms with Crippen molar-refractivity contribution in [3.05, 3.63) is 52.0 Å². The molecule has 0 saturated heterocycles. The highest BCUT2D eigenvalue weighted by atomic mass is 32.1. The Morgan fingerprint density at radius 2 is 1.96 bits per heavy atom. The average molecular weight is 355 g/mol. The Hall–Kier alpha value is -2.52. The topological polar surface area (TPSA) is 82.9 Å². The normalized spacial score (nSPS) is 13.1. The van der Waals surface area contributed by atoms with Gasteiger partial charge in [0.15, 0.2) is 11.7 Å². The molecule has 1 heterocycles. The summed E-state index contributed by atoms with van der Waals surface area (Å²) in [6, 6.07) is 10.7. The van der Waals surface area contributed by atoms with Crippen molar-refractivity contribution >= 4 is 23.0 Å².